The van der Waals surface area contributed by atoms with Gasteiger partial charge in [-0.25, -0.2) is 14.2 Å². The number of thiazole rings is 1. The van der Waals surface area contributed by atoms with Crippen molar-refractivity contribution in [2.75, 3.05) is 18.6 Å². The second-order valence-electron chi connectivity index (χ2n) is 7.93. The number of esters is 1. The molecule has 172 valence electrons. The third kappa shape index (κ3) is 3.23. The highest BCUT2D eigenvalue weighted by atomic mass is 32.1. The number of nitrogens with zero attached hydrogens (tertiary/aromatic N) is 3. The maximum absolute atomic E-state index is 13.8. The van der Waals surface area contributed by atoms with E-state index in [9.17, 15) is 18.8 Å². The standard InChI is InChI=1S/C25H20FN3O4S/c1-4-33-24(32)18-13(2)27-25-29(20(18)14-9-11-15(26)12-10-14)23(31)21(34-25)19-16-7-5-6-8-17(16)28(3)22(19)30/h5-12,20H,4H2,1-3H3/b21-19-/t20-/m1/s1. The van der Waals surface area contributed by atoms with Crippen molar-refractivity contribution in [3.8, 4) is 0 Å². The first-order valence-electron chi connectivity index (χ1n) is 10.7. The van der Waals surface area contributed by atoms with E-state index < -0.39 is 23.4 Å². The van der Waals surface area contributed by atoms with E-state index >= 15 is 0 Å². The summed E-state index contributed by atoms with van der Waals surface area (Å²) in [6.45, 7) is 3.52. The fraction of sp³-hybridized carbons (Fsp3) is 0.200. The van der Waals surface area contributed by atoms with E-state index in [0.717, 1.165) is 11.3 Å². The number of likely N-dealkylation sites (N-methyl/N-ethyl adjacent to an activating group) is 1. The molecule has 0 fully saturated rings. The summed E-state index contributed by atoms with van der Waals surface area (Å²) >= 11 is 1.10. The lowest BCUT2D eigenvalue weighted by molar-refractivity contribution is -0.139. The Kier molecular flexibility index (Phi) is 5.28. The molecule has 7 nitrogen and oxygen atoms in total. The molecule has 1 atom stereocenters. The van der Waals surface area contributed by atoms with Gasteiger partial charge in [-0.15, -0.1) is 0 Å². The number of allylic oxidation sites excluding steroid dienone is 1. The molecule has 2 aromatic carbocycles. The summed E-state index contributed by atoms with van der Waals surface area (Å²) in [5, 5.41) is 0. The van der Waals surface area contributed by atoms with Crippen LogP contribution in [-0.4, -0.2) is 30.1 Å². The molecule has 0 spiro atoms. The van der Waals surface area contributed by atoms with E-state index in [2.05, 4.69) is 4.99 Å². The second-order valence-corrected chi connectivity index (χ2v) is 8.91. The topological polar surface area (TPSA) is 81.0 Å². The van der Waals surface area contributed by atoms with Crippen LogP contribution in [0.15, 0.2) is 69.6 Å². The van der Waals surface area contributed by atoms with Gasteiger partial charge < -0.3 is 9.64 Å². The molecule has 34 heavy (non-hydrogen) atoms. The van der Waals surface area contributed by atoms with Gasteiger partial charge in [0.05, 0.1) is 35.2 Å². The van der Waals surface area contributed by atoms with Crippen LogP contribution in [0.25, 0.3) is 5.57 Å². The van der Waals surface area contributed by atoms with Crippen molar-refractivity contribution < 1.29 is 18.7 Å². The highest BCUT2D eigenvalue weighted by Gasteiger charge is 2.36. The van der Waals surface area contributed by atoms with Gasteiger partial charge in [-0.05, 0) is 37.6 Å². The molecule has 5 rings (SSSR count). The second kappa shape index (κ2) is 8.18. The van der Waals surface area contributed by atoms with Crippen LogP contribution in [0.4, 0.5) is 10.1 Å². The number of rotatable bonds is 3. The average molecular weight is 478 g/mol. The van der Waals surface area contributed by atoms with Gasteiger partial charge >= 0.3 is 5.97 Å². The van der Waals surface area contributed by atoms with Crippen LogP contribution in [0.5, 0.6) is 0 Å². The van der Waals surface area contributed by atoms with Crippen LogP contribution in [0.3, 0.4) is 0 Å². The maximum atomic E-state index is 13.8. The van der Waals surface area contributed by atoms with Gasteiger partial charge in [0, 0.05) is 12.6 Å². The van der Waals surface area contributed by atoms with Crippen molar-refractivity contribution in [1.82, 2.24) is 4.57 Å². The number of hydrogen-bond acceptors (Lipinski definition) is 6. The molecular formula is C25H20FN3O4S. The molecule has 0 saturated carbocycles. The van der Waals surface area contributed by atoms with Crippen LogP contribution in [-0.2, 0) is 14.3 Å². The predicted octanol–water partition coefficient (Wildman–Crippen LogP) is 2.28. The molecule has 0 unspecified atom stereocenters. The zero-order valence-electron chi connectivity index (χ0n) is 18.7. The van der Waals surface area contributed by atoms with E-state index in [0.29, 0.717) is 32.9 Å². The summed E-state index contributed by atoms with van der Waals surface area (Å²) in [5.74, 6) is -1.32. The molecule has 0 saturated heterocycles. The summed E-state index contributed by atoms with van der Waals surface area (Å²) in [6, 6.07) is 12.0. The monoisotopic (exact) mass is 477 g/mol. The van der Waals surface area contributed by atoms with Gasteiger partial charge in [-0.1, -0.05) is 41.7 Å². The maximum Gasteiger partial charge on any atom is 0.338 e. The molecule has 0 radical (unpaired) electrons. The minimum absolute atomic E-state index is 0.151. The number of benzene rings is 2. The van der Waals surface area contributed by atoms with E-state index in [1.807, 2.05) is 18.2 Å². The van der Waals surface area contributed by atoms with Gasteiger partial charge in [-0.2, -0.15) is 0 Å². The minimum Gasteiger partial charge on any atom is -0.463 e. The van der Waals surface area contributed by atoms with E-state index in [1.165, 1.54) is 33.7 Å². The Morgan fingerprint density at radius 3 is 2.56 bits per heavy atom. The van der Waals surface area contributed by atoms with Crippen LogP contribution < -0.4 is 19.8 Å². The van der Waals surface area contributed by atoms with Crippen LogP contribution in [0, 0.1) is 5.82 Å². The number of anilines is 1. The Hall–Kier alpha value is -3.85. The number of halogens is 1. The Morgan fingerprint density at radius 1 is 1.15 bits per heavy atom. The fourth-order valence-corrected chi connectivity index (χ4v) is 5.53. The van der Waals surface area contributed by atoms with Crippen molar-refractivity contribution in [2.45, 2.75) is 19.9 Å². The number of para-hydroxylation sites is 1. The third-order valence-electron chi connectivity index (χ3n) is 5.96. The normalized spacial score (nSPS) is 18.5. The van der Waals surface area contributed by atoms with Crippen molar-refractivity contribution in [3.05, 3.63) is 96.4 Å². The Labute approximate surface area is 197 Å². The van der Waals surface area contributed by atoms with E-state index in [4.69, 9.17) is 4.74 Å². The predicted molar refractivity (Wildman–Crippen MR) is 126 cm³/mol. The zero-order chi connectivity index (χ0) is 24.1. The van der Waals surface area contributed by atoms with Crippen LogP contribution >= 0.6 is 11.3 Å². The summed E-state index contributed by atoms with van der Waals surface area (Å²) in [4.78, 5) is 46.2. The van der Waals surface area contributed by atoms with Gasteiger partial charge in [0.1, 0.15) is 10.3 Å². The third-order valence-corrected chi connectivity index (χ3v) is 7.01. The number of ether oxygens (including phenoxy) is 1. The van der Waals surface area contributed by atoms with Gasteiger partial charge in [0.25, 0.3) is 11.5 Å². The first-order valence-corrected chi connectivity index (χ1v) is 11.5. The highest BCUT2D eigenvalue weighted by molar-refractivity contribution is 7.07. The molecule has 0 aliphatic carbocycles. The molecule has 9 heteroatoms. The molecule has 1 amide bonds. The van der Waals surface area contributed by atoms with Gasteiger partial charge in [-0.3, -0.25) is 14.2 Å². The van der Waals surface area contributed by atoms with Gasteiger partial charge in [0.15, 0.2) is 4.80 Å². The average Bonchev–Trinajstić information content (AvgIpc) is 3.26. The van der Waals surface area contributed by atoms with Gasteiger partial charge in [0.2, 0.25) is 0 Å². The summed E-state index contributed by atoms with van der Waals surface area (Å²) in [6.07, 6.45) is 0. The quantitative estimate of drug-likeness (QED) is 0.542. The Balaban J connectivity index is 1.83. The molecule has 2 aliphatic heterocycles. The minimum atomic E-state index is -0.866. The van der Waals surface area contributed by atoms with Crippen molar-refractivity contribution in [2.24, 2.45) is 4.99 Å². The molecule has 1 aromatic heterocycles. The van der Waals surface area contributed by atoms with Crippen molar-refractivity contribution in [3.63, 3.8) is 0 Å². The lowest BCUT2D eigenvalue weighted by Gasteiger charge is -2.24. The Bertz CT molecular complexity index is 1570. The summed E-state index contributed by atoms with van der Waals surface area (Å²) in [5.41, 5.74) is 2.38. The van der Waals surface area contributed by atoms with Crippen molar-refractivity contribution >= 4 is 34.5 Å². The van der Waals surface area contributed by atoms with Crippen molar-refractivity contribution in [1.29, 1.82) is 0 Å². The summed E-state index contributed by atoms with van der Waals surface area (Å²) in [7, 11) is 1.66. The Morgan fingerprint density at radius 2 is 1.85 bits per heavy atom. The summed E-state index contributed by atoms with van der Waals surface area (Å²) < 4.78 is 20.6. The number of aromatic nitrogens is 1. The number of fused-ring (bicyclic) bond motifs is 2. The fourth-order valence-electron chi connectivity index (χ4n) is 4.39. The zero-order valence-corrected chi connectivity index (χ0v) is 19.5. The van der Waals surface area contributed by atoms with Crippen LogP contribution in [0.2, 0.25) is 0 Å². The lowest BCUT2D eigenvalue weighted by Crippen LogP contribution is -2.40. The molecule has 3 heterocycles. The first-order chi connectivity index (χ1) is 16.3. The largest absolute Gasteiger partial charge is 0.463 e. The number of carbonyl (C=O) groups is 2. The molecule has 0 bridgehead atoms. The number of hydrogen-bond donors (Lipinski definition) is 0. The molecule has 2 aliphatic rings. The number of carbonyl (C=O) groups excluding carboxylic acids is 2. The SMILES string of the molecule is CCOC(=O)C1=C(C)N=c2s/c(=C3\C(=O)N(C)c4ccccc43)c(=O)n2[C@@H]1c1ccc(F)cc1. The number of amides is 1. The first kappa shape index (κ1) is 22.0. The lowest BCUT2D eigenvalue weighted by atomic mass is 9.96. The molecular weight excluding hydrogens is 457 g/mol. The molecule has 0 N–H and O–H groups in total. The van der Waals surface area contributed by atoms with E-state index in [1.54, 1.807) is 27.0 Å². The smallest absolute Gasteiger partial charge is 0.338 e. The molecule has 3 aromatic rings. The highest BCUT2D eigenvalue weighted by Crippen LogP contribution is 2.34. The van der Waals surface area contributed by atoms with E-state index in [-0.39, 0.29) is 22.6 Å². The van der Waals surface area contributed by atoms with Crippen LogP contribution in [0.1, 0.15) is 31.0 Å².